The number of hydrogen-bond donors (Lipinski definition) is 1. The van der Waals surface area contributed by atoms with Crippen LogP contribution in [0.1, 0.15) is 18.5 Å². The van der Waals surface area contributed by atoms with Crippen LogP contribution in [0.4, 0.5) is 10.1 Å². The van der Waals surface area contributed by atoms with Crippen molar-refractivity contribution in [3.63, 3.8) is 0 Å². The van der Waals surface area contributed by atoms with Crippen molar-refractivity contribution >= 4 is 17.3 Å². The van der Waals surface area contributed by atoms with Gasteiger partial charge in [0, 0.05) is 17.9 Å². The van der Waals surface area contributed by atoms with Gasteiger partial charge in [-0.3, -0.25) is 0 Å². The summed E-state index contributed by atoms with van der Waals surface area (Å²) in [4.78, 5) is 3.91. The zero-order chi connectivity index (χ0) is 13.8. The standard InChI is InChI=1S/C14H14ClFN2O/c1-9(18-11-5-6-17-14(15)8-11)10-3-4-12(16)13(7-10)19-2/h3-9H,1-2H3,(H,17,18). The summed E-state index contributed by atoms with van der Waals surface area (Å²) in [5.41, 5.74) is 1.78. The number of aromatic nitrogens is 1. The van der Waals surface area contributed by atoms with Crippen molar-refractivity contribution in [3.05, 3.63) is 53.1 Å². The Kier molecular flexibility index (Phi) is 4.22. The normalized spacial score (nSPS) is 12.0. The molecule has 0 saturated carbocycles. The Morgan fingerprint density at radius 1 is 1.32 bits per heavy atom. The van der Waals surface area contributed by atoms with Crippen LogP contribution >= 0.6 is 11.6 Å². The van der Waals surface area contributed by atoms with Crippen molar-refractivity contribution in [3.8, 4) is 5.75 Å². The van der Waals surface area contributed by atoms with Gasteiger partial charge in [-0.1, -0.05) is 17.7 Å². The molecule has 0 amide bonds. The molecule has 0 spiro atoms. The van der Waals surface area contributed by atoms with Gasteiger partial charge >= 0.3 is 0 Å². The molecule has 2 aromatic rings. The molecule has 100 valence electrons. The number of rotatable bonds is 4. The van der Waals surface area contributed by atoms with Gasteiger partial charge in [0.15, 0.2) is 11.6 Å². The van der Waals surface area contributed by atoms with Crippen LogP contribution in [-0.4, -0.2) is 12.1 Å². The molecule has 0 aliphatic rings. The number of anilines is 1. The molecule has 0 aliphatic carbocycles. The predicted molar refractivity (Wildman–Crippen MR) is 74.2 cm³/mol. The molecule has 0 fully saturated rings. The number of ether oxygens (including phenoxy) is 1. The lowest BCUT2D eigenvalue weighted by Gasteiger charge is -2.16. The third kappa shape index (κ3) is 3.35. The predicted octanol–water partition coefficient (Wildman–Crippen LogP) is 4.06. The molecule has 1 aromatic carbocycles. The Balaban J connectivity index is 2.18. The minimum Gasteiger partial charge on any atom is -0.494 e. The van der Waals surface area contributed by atoms with Crippen molar-refractivity contribution in [2.75, 3.05) is 12.4 Å². The van der Waals surface area contributed by atoms with E-state index in [2.05, 4.69) is 10.3 Å². The van der Waals surface area contributed by atoms with E-state index in [1.54, 1.807) is 24.4 Å². The molecular weight excluding hydrogens is 267 g/mol. The molecule has 0 radical (unpaired) electrons. The first-order valence-electron chi connectivity index (χ1n) is 5.81. The number of hydrogen-bond acceptors (Lipinski definition) is 3. The van der Waals surface area contributed by atoms with Gasteiger partial charge in [-0.25, -0.2) is 9.37 Å². The summed E-state index contributed by atoms with van der Waals surface area (Å²) < 4.78 is 18.3. The molecule has 0 saturated heterocycles. The van der Waals surface area contributed by atoms with E-state index in [1.807, 2.05) is 13.0 Å². The molecule has 1 aromatic heterocycles. The van der Waals surface area contributed by atoms with Crippen molar-refractivity contribution in [2.24, 2.45) is 0 Å². The topological polar surface area (TPSA) is 34.1 Å². The third-order valence-electron chi connectivity index (χ3n) is 2.78. The van der Waals surface area contributed by atoms with Gasteiger partial charge in [0.25, 0.3) is 0 Å². The van der Waals surface area contributed by atoms with Crippen LogP contribution in [0.5, 0.6) is 5.75 Å². The first kappa shape index (κ1) is 13.6. The van der Waals surface area contributed by atoms with Crippen LogP contribution in [0.3, 0.4) is 0 Å². The summed E-state index contributed by atoms with van der Waals surface area (Å²) in [7, 11) is 1.45. The SMILES string of the molecule is COc1cc(C(C)Nc2ccnc(Cl)c2)ccc1F. The van der Waals surface area contributed by atoms with E-state index in [0.717, 1.165) is 11.3 Å². The van der Waals surface area contributed by atoms with E-state index >= 15 is 0 Å². The van der Waals surface area contributed by atoms with Gasteiger partial charge in [-0.15, -0.1) is 0 Å². The minimum atomic E-state index is -0.370. The summed E-state index contributed by atoms with van der Waals surface area (Å²) in [6.07, 6.45) is 1.63. The van der Waals surface area contributed by atoms with Crippen LogP contribution < -0.4 is 10.1 Å². The van der Waals surface area contributed by atoms with Gasteiger partial charge in [0.1, 0.15) is 5.15 Å². The summed E-state index contributed by atoms with van der Waals surface area (Å²) >= 11 is 5.82. The molecule has 19 heavy (non-hydrogen) atoms. The fourth-order valence-corrected chi connectivity index (χ4v) is 1.95. The number of benzene rings is 1. The molecule has 1 atom stereocenters. The molecule has 2 rings (SSSR count). The van der Waals surface area contributed by atoms with Crippen LogP contribution in [0.2, 0.25) is 5.15 Å². The summed E-state index contributed by atoms with van der Waals surface area (Å²) in [5, 5.41) is 3.69. The minimum absolute atomic E-state index is 0.00651. The highest BCUT2D eigenvalue weighted by Crippen LogP contribution is 2.25. The molecule has 1 heterocycles. The summed E-state index contributed by atoms with van der Waals surface area (Å²) in [6.45, 7) is 1.97. The lowest BCUT2D eigenvalue weighted by atomic mass is 10.1. The number of nitrogens with one attached hydrogen (secondary N) is 1. The Labute approximate surface area is 116 Å². The summed E-state index contributed by atoms with van der Waals surface area (Å²) in [5.74, 6) is -0.135. The van der Waals surface area contributed by atoms with E-state index < -0.39 is 0 Å². The molecule has 5 heteroatoms. The van der Waals surface area contributed by atoms with Crippen molar-refractivity contribution in [1.29, 1.82) is 0 Å². The molecule has 1 N–H and O–H groups in total. The highest BCUT2D eigenvalue weighted by Gasteiger charge is 2.09. The van der Waals surface area contributed by atoms with Crippen LogP contribution in [-0.2, 0) is 0 Å². The van der Waals surface area contributed by atoms with Gasteiger partial charge in [-0.2, -0.15) is 0 Å². The second-order valence-electron chi connectivity index (χ2n) is 4.13. The number of halogens is 2. The lowest BCUT2D eigenvalue weighted by Crippen LogP contribution is -2.07. The van der Waals surface area contributed by atoms with Gasteiger partial charge in [0.2, 0.25) is 0 Å². The second-order valence-corrected chi connectivity index (χ2v) is 4.51. The highest BCUT2D eigenvalue weighted by molar-refractivity contribution is 6.29. The zero-order valence-electron chi connectivity index (χ0n) is 10.7. The Hall–Kier alpha value is -1.81. The average Bonchev–Trinajstić information content (AvgIpc) is 2.39. The van der Waals surface area contributed by atoms with E-state index in [0.29, 0.717) is 5.15 Å². The fraction of sp³-hybridized carbons (Fsp3) is 0.214. The van der Waals surface area contributed by atoms with E-state index in [9.17, 15) is 4.39 Å². The lowest BCUT2D eigenvalue weighted by molar-refractivity contribution is 0.385. The smallest absolute Gasteiger partial charge is 0.165 e. The van der Waals surface area contributed by atoms with Gasteiger partial charge in [-0.05, 0) is 36.8 Å². The first-order chi connectivity index (χ1) is 9.10. The van der Waals surface area contributed by atoms with E-state index in [-0.39, 0.29) is 17.6 Å². The largest absolute Gasteiger partial charge is 0.494 e. The average molecular weight is 281 g/mol. The molecule has 3 nitrogen and oxygen atoms in total. The molecule has 0 bridgehead atoms. The molecule has 0 aliphatic heterocycles. The maximum absolute atomic E-state index is 13.3. The van der Waals surface area contributed by atoms with Crippen LogP contribution in [0.25, 0.3) is 0 Å². The summed E-state index contributed by atoms with van der Waals surface area (Å²) in [6, 6.07) is 8.34. The van der Waals surface area contributed by atoms with Gasteiger partial charge in [0.05, 0.1) is 7.11 Å². The van der Waals surface area contributed by atoms with Crippen molar-refractivity contribution in [2.45, 2.75) is 13.0 Å². The maximum Gasteiger partial charge on any atom is 0.165 e. The fourth-order valence-electron chi connectivity index (χ4n) is 1.77. The Bertz CT molecular complexity index is 577. The van der Waals surface area contributed by atoms with E-state index in [4.69, 9.17) is 16.3 Å². The van der Waals surface area contributed by atoms with Crippen molar-refractivity contribution < 1.29 is 9.13 Å². The number of nitrogens with zero attached hydrogens (tertiary/aromatic N) is 1. The maximum atomic E-state index is 13.3. The Morgan fingerprint density at radius 2 is 2.11 bits per heavy atom. The molecular formula is C14H14ClFN2O. The first-order valence-corrected chi connectivity index (χ1v) is 6.19. The van der Waals surface area contributed by atoms with Crippen LogP contribution in [0.15, 0.2) is 36.5 Å². The quantitative estimate of drug-likeness (QED) is 0.858. The van der Waals surface area contributed by atoms with Gasteiger partial charge < -0.3 is 10.1 Å². The monoisotopic (exact) mass is 280 g/mol. The third-order valence-corrected chi connectivity index (χ3v) is 2.99. The zero-order valence-corrected chi connectivity index (χ0v) is 11.4. The number of methoxy groups -OCH3 is 1. The number of pyridine rings is 1. The second kappa shape index (κ2) is 5.89. The molecule has 1 unspecified atom stereocenters. The van der Waals surface area contributed by atoms with E-state index in [1.165, 1.54) is 13.2 Å². The Morgan fingerprint density at radius 3 is 2.79 bits per heavy atom. The highest BCUT2D eigenvalue weighted by atomic mass is 35.5. The van der Waals surface area contributed by atoms with Crippen LogP contribution in [0, 0.1) is 5.82 Å². The van der Waals surface area contributed by atoms with Crippen molar-refractivity contribution in [1.82, 2.24) is 4.98 Å².